The minimum absolute atomic E-state index is 0.0911. The summed E-state index contributed by atoms with van der Waals surface area (Å²) >= 11 is 6.22. The number of anilines is 1. The highest BCUT2D eigenvalue weighted by molar-refractivity contribution is 6.32. The summed E-state index contributed by atoms with van der Waals surface area (Å²) in [5.74, 6) is 1.26. The fraction of sp³-hybridized carbons (Fsp3) is 0.480. The molecule has 3 atom stereocenters. The second kappa shape index (κ2) is 9.74. The molecule has 1 aliphatic rings. The fourth-order valence-electron chi connectivity index (χ4n) is 4.04. The van der Waals surface area contributed by atoms with E-state index in [9.17, 15) is 4.79 Å². The molecule has 1 amide bonds. The molecule has 1 N–H and O–H groups in total. The first kappa shape index (κ1) is 22.5. The molecule has 5 heteroatoms. The van der Waals surface area contributed by atoms with Crippen molar-refractivity contribution in [2.75, 3.05) is 18.0 Å². The Morgan fingerprint density at radius 1 is 1.17 bits per heavy atom. The van der Waals surface area contributed by atoms with Crippen molar-refractivity contribution in [3.05, 3.63) is 58.1 Å². The Morgan fingerprint density at radius 2 is 1.80 bits per heavy atom. The summed E-state index contributed by atoms with van der Waals surface area (Å²) in [6.07, 6.45) is 1.97. The Labute approximate surface area is 185 Å². The van der Waals surface area contributed by atoms with E-state index < -0.39 is 6.10 Å². The maximum Gasteiger partial charge on any atom is 0.261 e. The minimum atomic E-state index is -0.596. The molecule has 1 aliphatic heterocycles. The van der Waals surface area contributed by atoms with Crippen LogP contribution in [-0.4, -0.2) is 25.1 Å². The summed E-state index contributed by atoms with van der Waals surface area (Å²) in [7, 11) is 0. The summed E-state index contributed by atoms with van der Waals surface area (Å²) in [6.45, 7) is 12.2. The molecule has 4 nitrogen and oxygen atoms in total. The van der Waals surface area contributed by atoms with Crippen molar-refractivity contribution in [2.24, 2.45) is 5.92 Å². The van der Waals surface area contributed by atoms with Gasteiger partial charge in [-0.25, -0.2) is 0 Å². The predicted octanol–water partition coefficient (Wildman–Crippen LogP) is 5.84. The number of ether oxygens (including phenoxy) is 1. The molecule has 30 heavy (non-hydrogen) atoms. The van der Waals surface area contributed by atoms with Crippen molar-refractivity contribution in [1.82, 2.24) is 5.32 Å². The average Bonchev–Trinajstić information content (AvgIpc) is 2.72. The van der Waals surface area contributed by atoms with Gasteiger partial charge in [-0.05, 0) is 87.4 Å². The zero-order valence-corrected chi connectivity index (χ0v) is 19.4. The maximum atomic E-state index is 12.6. The summed E-state index contributed by atoms with van der Waals surface area (Å²) in [6, 6.07) is 12.2. The van der Waals surface area contributed by atoms with Crippen LogP contribution in [0.3, 0.4) is 0 Å². The standard InChI is InChI=1S/C25H33ClN2O2/c1-16-7-6-12-28(15-16)22-10-8-21(9-11-22)19(4)27-25(29)20(5)30-23-13-17(2)24(26)18(3)14-23/h8-11,13-14,16,19-20H,6-7,12,15H2,1-5H3,(H,27,29)/t16-,19+,20+/m0/s1. The molecule has 0 aliphatic carbocycles. The van der Waals surface area contributed by atoms with E-state index in [1.165, 1.54) is 18.5 Å². The second-order valence-electron chi connectivity index (χ2n) is 8.65. The third-order valence-corrected chi connectivity index (χ3v) is 6.46. The van der Waals surface area contributed by atoms with Gasteiger partial charge in [0, 0.05) is 23.8 Å². The van der Waals surface area contributed by atoms with Crippen molar-refractivity contribution < 1.29 is 9.53 Å². The number of rotatable bonds is 6. The SMILES string of the molecule is Cc1cc(O[C@H](C)C(=O)N[C@H](C)c2ccc(N3CCC[C@H](C)C3)cc2)cc(C)c1Cl. The van der Waals surface area contributed by atoms with E-state index in [2.05, 4.69) is 41.4 Å². The molecule has 1 fully saturated rings. The molecule has 0 saturated carbocycles. The minimum Gasteiger partial charge on any atom is -0.481 e. The number of amides is 1. The quantitative estimate of drug-likeness (QED) is 0.628. The van der Waals surface area contributed by atoms with Crippen LogP contribution in [0, 0.1) is 19.8 Å². The van der Waals surface area contributed by atoms with E-state index in [0.717, 1.165) is 40.7 Å². The Bertz CT molecular complexity index is 858. The van der Waals surface area contributed by atoms with Gasteiger partial charge in [-0.3, -0.25) is 4.79 Å². The third kappa shape index (κ3) is 5.48. The topological polar surface area (TPSA) is 41.6 Å². The fourth-order valence-corrected chi connectivity index (χ4v) is 4.15. The van der Waals surface area contributed by atoms with E-state index in [0.29, 0.717) is 5.75 Å². The lowest BCUT2D eigenvalue weighted by Gasteiger charge is -2.33. The molecule has 0 spiro atoms. The number of nitrogens with one attached hydrogen (secondary N) is 1. The van der Waals surface area contributed by atoms with E-state index in [4.69, 9.17) is 16.3 Å². The van der Waals surface area contributed by atoms with Gasteiger partial charge in [0.25, 0.3) is 5.91 Å². The van der Waals surface area contributed by atoms with Gasteiger partial charge < -0.3 is 15.0 Å². The van der Waals surface area contributed by atoms with Gasteiger partial charge in [0.15, 0.2) is 6.10 Å². The summed E-state index contributed by atoms with van der Waals surface area (Å²) in [4.78, 5) is 15.1. The maximum absolute atomic E-state index is 12.6. The van der Waals surface area contributed by atoms with Crippen molar-refractivity contribution >= 4 is 23.2 Å². The molecule has 0 aromatic heterocycles. The van der Waals surface area contributed by atoms with Gasteiger partial charge >= 0.3 is 0 Å². The molecule has 162 valence electrons. The highest BCUT2D eigenvalue weighted by Crippen LogP contribution is 2.27. The third-order valence-electron chi connectivity index (χ3n) is 5.87. The lowest BCUT2D eigenvalue weighted by molar-refractivity contribution is -0.127. The van der Waals surface area contributed by atoms with Crippen LogP contribution in [0.25, 0.3) is 0 Å². The predicted molar refractivity (Wildman–Crippen MR) is 125 cm³/mol. The zero-order chi connectivity index (χ0) is 21.8. The van der Waals surface area contributed by atoms with Gasteiger partial charge in [-0.2, -0.15) is 0 Å². The lowest BCUT2D eigenvalue weighted by atomic mass is 9.99. The number of piperidine rings is 1. The number of carbonyl (C=O) groups is 1. The molecule has 1 saturated heterocycles. The highest BCUT2D eigenvalue weighted by atomic mass is 35.5. The van der Waals surface area contributed by atoms with Crippen molar-refractivity contribution in [3.63, 3.8) is 0 Å². The Hall–Kier alpha value is -2.20. The average molecular weight is 429 g/mol. The molecular formula is C25H33ClN2O2. The number of aryl methyl sites for hydroxylation is 2. The summed E-state index contributed by atoms with van der Waals surface area (Å²) < 4.78 is 5.86. The summed E-state index contributed by atoms with van der Waals surface area (Å²) in [5.41, 5.74) is 4.23. The highest BCUT2D eigenvalue weighted by Gasteiger charge is 2.20. The Kier molecular flexibility index (Phi) is 7.30. The molecule has 0 bridgehead atoms. The summed E-state index contributed by atoms with van der Waals surface area (Å²) in [5, 5.41) is 3.79. The molecule has 3 rings (SSSR count). The first-order valence-electron chi connectivity index (χ1n) is 10.8. The smallest absolute Gasteiger partial charge is 0.261 e. The van der Waals surface area contributed by atoms with Crippen LogP contribution in [0.1, 0.15) is 56.3 Å². The number of benzene rings is 2. The van der Waals surface area contributed by atoms with Crippen LogP contribution in [0.5, 0.6) is 5.75 Å². The van der Waals surface area contributed by atoms with Gasteiger partial charge in [0.1, 0.15) is 5.75 Å². The first-order valence-corrected chi connectivity index (χ1v) is 11.2. The molecule has 1 heterocycles. The van der Waals surface area contributed by atoms with Gasteiger partial charge in [0.05, 0.1) is 6.04 Å². The second-order valence-corrected chi connectivity index (χ2v) is 9.02. The Morgan fingerprint density at radius 3 is 2.40 bits per heavy atom. The van der Waals surface area contributed by atoms with Crippen LogP contribution in [0.15, 0.2) is 36.4 Å². The van der Waals surface area contributed by atoms with E-state index >= 15 is 0 Å². The van der Waals surface area contributed by atoms with Crippen LogP contribution < -0.4 is 15.0 Å². The lowest BCUT2D eigenvalue weighted by Crippen LogP contribution is -2.37. The number of nitrogens with zero attached hydrogens (tertiary/aromatic N) is 1. The number of hydrogen-bond acceptors (Lipinski definition) is 3. The van der Waals surface area contributed by atoms with Crippen LogP contribution in [-0.2, 0) is 4.79 Å². The molecule has 2 aromatic rings. The van der Waals surface area contributed by atoms with Crippen molar-refractivity contribution in [1.29, 1.82) is 0 Å². The van der Waals surface area contributed by atoms with E-state index in [1.54, 1.807) is 6.92 Å². The molecule has 0 radical (unpaired) electrons. The molecule has 0 unspecified atom stereocenters. The van der Waals surface area contributed by atoms with Gasteiger partial charge in [-0.15, -0.1) is 0 Å². The normalized spacial score (nSPS) is 18.6. The number of halogens is 1. The first-order chi connectivity index (χ1) is 14.2. The van der Waals surface area contributed by atoms with E-state index in [1.807, 2.05) is 32.9 Å². The monoisotopic (exact) mass is 428 g/mol. The van der Waals surface area contributed by atoms with Crippen LogP contribution in [0.4, 0.5) is 5.69 Å². The molecule has 2 aromatic carbocycles. The van der Waals surface area contributed by atoms with Gasteiger partial charge in [-0.1, -0.05) is 30.7 Å². The van der Waals surface area contributed by atoms with E-state index in [-0.39, 0.29) is 11.9 Å². The van der Waals surface area contributed by atoms with Crippen molar-refractivity contribution in [3.8, 4) is 5.75 Å². The van der Waals surface area contributed by atoms with Gasteiger partial charge in [0.2, 0.25) is 0 Å². The zero-order valence-electron chi connectivity index (χ0n) is 18.7. The Balaban J connectivity index is 1.58. The largest absolute Gasteiger partial charge is 0.481 e. The van der Waals surface area contributed by atoms with Crippen LogP contribution in [0.2, 0.25) is 5.02 Å². The number of carbonyl (C=O) groups excluding carboxylic acids is 1. The number of hydrogen-bond donors (Lipinski definition) is 1. The van der Waals surface area contributed by atoms with Crippen molar-refractivity contribution in [2.45, 2.75) is 59.6 Å². The van der Waals surface area contributed by atoms with Crippen LogP contribution >= 0.6 is 11.6 Å². The molecular weight excluding hydrogens is 396 g/mol.